The van der Waals surface area contributed by atoms with E-state index in [2.05, 4.69) is 15.0 Å². The van der Waals surface area contributed by atoms with Gasteiger partial charge in [-0.2, -0.15) is 13.2 Å². The number of halogens is 3. The van der Waals surface area contributed by atoms with Crippen molar-refractivity contribution in [2.45, 2.75) is 17.6 Å². The van der Waals surface area contributed by atoms with Gasteiger partial charge in [-0.05, 0) is 36.4 Å². The van der Waals surface area contributed by atoms with Crippen molar-refractivity contribution < 1.29 is 31.4 Å². The number of sulfonamides is 1. The summed E-state index contributed by atoms with van der Waals surface area (Å²) in [5.74, 6) is 0. The Hall–Kier alpha value is -2.73. The van der Waals surface area contributed by atoms with Gasteiger partial charge >= 0.3 is 6.18 Å². The van der Waals surface area contributed by atoms with Crippen LogP contribution in [-0.2, 0) is 27.5 Å². The molecule has 0 amide bonds. The molecule has 1 heterocycles. The fourth-order valence-corrected chi connectivity index (χ4v) is 3.99. The van der Waals surface area contributed by atoms with Crippen molar-refractivity contribution in [3.8, 4) is 0 Å². The Labute approximate surface area is 183 Å². The van der Waals surface area contributed by atoms with Gasteiger partial charge in [-0.15, -0.1) is 0 Å². The Morgan fingerprint density at radius 2 is 1.75 bits per heavy atom. The zero-order valence-corrected chi connectivity index (χ0v) is 17.7. The fraction of sp³-hybridized carbons (Fsp3) is 0.286. The van der Waals surface area contributed by atoms with Gasteiger partial charge in [0.25, 0.3) is 10.0 Å². The number of hydrogen-bond donors (Lipinski definition) is 3. The van der Waals surface area contributed by atoms with Crippen molar-refractivity contribution in [1.29, 1.82) is 0 Å². The normalized spacial score (nSPS) is 12.2. The van der Waals surface area contributed by atoms with E-state index < -0.39 is 21.8 Å². The van der Waals surface area contributed by atoms with Crippen molar-refractivity contribution in [2.24, 2.45) is 0 Å². The molecule has 2 aromatic carbocycles. The molecule has 0 aliphatic carbocycles. The highest BCUT2D eigenvalue weighted by Gasteiger charge is 2.30. The van der Waals surface area contributed by atoms with Crippen molar-refractivity contribution >= 4 is 26.6 Å². The van der Waals surface area contributed by atoms with E-state index in [9.17, 15) is 21.6 Å². The van der Waals surface area contributed by atoms with E-state index in [1.807, 2.05) is 0 Å². The van der Waals surface area contributed by atoms with Crippen LogP contribution in [0.3, 0.4) is 0 Å². The van der Waals surface area contributed by atoms with Crippen LogP contribution in [0.4, 0.5) is 18.9 Å². The molecule has 0 saturated carbocycles. The minimum Gasteiger partial charge on any atom is -0.394 e. The lowest BCUT2D eigenvalue weighted by Crippen LogP contribution is -2.20. The van der Waals surface area contributed by atoms with Crippen LogP contribution in [0.2, 0.25) is 0 Å². The third-order valence-corrected chi connectivity index (χ3v) is 5.86. The van der Waals surface area contributed by atoms with Gasteiger partial charge in [0.1, 0.15) is 0 Å². The standard InChI is InChI=1S/C21H22F3N3O4S/c22-21(23,24)16-5-8-18(9-6-16)32(29,30)27-19-3-1-2-15-4-7-17(26-20(15)19)14-25-10-12-31-13-11-28/h1-9,25,27-28H,10-14H2. The molecule has 0 unspecified atom stereocenters. The quantitative estimate of drug-likeness (QED) is 0.395. The molecule has 0 aliphatic rings. The maximum absolute atomic E-state index is 12.7. The van der Waals surface area contributed by atoms with Crippen LogP contribution in [-0.4, -0.2) is 44.9 Å². The van der Waals surface area contributed by atoms with Crippen LogP contribution in [0, 0.1) is 0 Å². The van der Waals surface area contributed by atoms with Gasteiger partial charge in [-0.25, -0.2) is 13.4 Å². The van der Waals surface area contributed by atoms with Crippen LogP contribution in [0.5, 0.6) is 0 Å². The second kappa shape index (κ2) is 10.3. The summed E-state index contributed by atoms with van der Waals surface area (Å²) >= 11 is 0. The molecular weight excluding hydrogens is 447 g/mol. The Bertz CT molecular complexity index is 1150. The Kier molecular flexibility index (Phi) is 7.67. The van der Waals surface area contributed by atoms with Gasteiger partial charge in [-0.1, -0.05) is 18.2 Å². The maximum atomic E-state index is 12.7. The summed E-state index contributed by atoms with van der Waals surface area (Å²) in [5.41, 5.74) is 0.373. The van der Waals surface area contributed by atoms with E-state index in [4.69, 9.17) is 9.84 Å². The number of rotatable bonds is 10. The molecule has 0 atom stereocenters. The number of aliphatic hydroxyl groups is 1. The Morgan fingerprint density at radius 1 is 1.00 bits per heavy atom. The minimum absolute atomic E-state index is 0.0443. The number of benzene rings is 2. The van der Waals surface area contributed by atoms with Crippen molar-refractivity contribution in [1.82, 2.24) is 10.3 Å². The number of fused-ring (bicyclic) bond motifs is 1. The van der Waals surface area contributed by atoms with Crippen LogP contribution >= 0.6 is 0 Å². The molecule has 0 fully saturated rings. The molecule has 3 rings (SSSR count). The highest BCUT2D eigenvalue weighted by Crippen LogP contribution is 2.30. The van der Waals surface area contributed by atoms with E-state index in [0.29, 0.717) is 36.3 Å². The van der Waals surface area contributed by atoms with Crippen LogP contribution in [0.1, 0.15) is 11.3 Å². The Morgan fingerprint density at radius 3 is 2.44 bits per heavy atom. The van der Waals surface area contributed by atoms with Gasteiger partial charge in [0.2, 0.25) is 0 Å². The number of pyridine rings is 1. The van der Waals surface area contributed by atoms with Gasteiger partial charge in [0.15, 0.2) is 0 Å². The molecule has 3 aromatic rings. The summed E-state index contributed by atoms with van der Waals surface area (Å²) < 4.78 is 71.3. The number of ether oxygens (including phenoxy) is 1. The zero-order chi connectivity index (χ0) is 23.2. The maximum Gasteiger partial charge on any atom is 0.416 e. The summed E-state index contributed by atoms with van der Waals surface area (Å²) in [7, 11) is -4.12. The first-order valence-electron chi connectivity index (χ1n) is 9.69. The molecule has 0 saturated heterocycles. The number of aliphatic hydroxyl groups excluding tert-OH is 1. The lowest BCUT2D eigenvalue weighted by atomic mass is 10.2. The molecule has 11 heteroatoms. The average Bonchev–Trinajstić information content (AvgIpc) is 2.76. The first-order valence-corrected chi connectivity index (χ1v) is 11.2. The third-order valence-electron chi connectivity index (χ3n) is 4.48. The third kappa shape index (κ3) is 6.16. The van der Waals surface area contributed by atoms with Crippen LogP contribution < -0.4 is 10.0 Å². The predicted molar refractivity (Wildman–Crippen MR) is 114 cm³/mol. The molecule has 32 heavy (non-hydrogen) atoms. The van der Waals surface area contributed by atoms with E-state index in [-0.39, 0.29) is 23.8 Å². The van der Waals surface area contributed by atoms with Gasteiger partial charge < -0.3 is 15.2 Å². The zero-order valence-electron chi connectivity index (χ0n) is 16.9. The fourth-order valence-electron chi connectivity index (χ4n) is 2.92. The molecule has 0 radical (unpaired) electrons. The summed E-state index contributed by atoms with van der Waals surface area (Å²) in [5, 5.41) is 12.5. The number of anilines is 1. The second-order valence-corrected chi connectivity index (χ2v) is 8.50. The van der Waals surface area contributed by atoms with Crippen molar-refractivity contribution in [3.63, 3.8) is 0 Å². The minimum atomic E-state index is -4.55. The number of nitrogens with one attached hydrogen (secondary N) is 2. The molecular formula is C21H22F3N3O4S. The van der Waals surface area contributed by atoms with Crippen molar-refractivity contribution in [2.75, 3.05) is 31.1 Å². The van der Waals surface area contributed by atoms with E-state index in [0.717, 1.165) is 24.3 Å². The monoisotopic (exact) mass is 469 g/mol. The van der Waals surface area contributed by atoms with E-state index in [1.54, 1.807) is 24.3 Å². The molecule has 1 aromatic heterocycles. The second-order valence-electron chi connectivity index (χ2n) is 6.82. The van der Waals surface area contributed by atoms with Crippen LogP contribution in [0.15, 0.2) is 59.5 Å². The number of aromatic nitrogens is 1. The average molecular weight is 469 g/mol. The van der Waals surface area contributed by atoms with E-state index in [1.165, 1.54) is 6.07 Å². The lowest BCUT2D eigenvalue weighted by Gasteiger charge is -2.12. The molecule has 7 nitrogen and oxygen atoms in total. The smallest absolute Gasteiger partial charge is 0.394 e. The van der Waals surface area contributed by atoms with E-state index >= 15 is 0 Å². The highest BCUT2D eigenvalue weighted by molar-refractivity contribution is 7.92. The topological polar surface area (TPSA) is 101 Å². The number of alkyl halides is 3. The summed E-state index contributed by atoms with van der Waals surface area (Å²) in [6.45, 7) is 1.60. The Balaban J connectivity index is 1.77. The predicted octanol–water partition coefficient (Wildman–Crippen LogP) is 3.15. The van der Waals surface area contributed by atoms with Gasteiger partial charge in [-0.3, -0.25) is 4.72 Å². The molecule has 3 N–H and O–H groups in total. The van der Waals surface area contributed by atoms with Gasteiger partial charge in [0, 0.05) is 18.5 Å². The lowest BCUT2D eigenvalue weighted by molar-refractivity contribution is -0.137. The molecule has 0 spiro atoms. The molecule has 172 valence electrons. The first-order chi connectivity index (χ1) is 15.2. The van der Waals surface area contributed by atoms with Crippen LogP contribution in [0.25, 0.3) is 10.9 Å². The number of para-hydroxylation sites is 1. The molecule has 0 aliphatic heterocycles. The van der Waals surface area contributed by atoms with Gasteiger partial charge in [0.05, 0.1) is 47.2 Å². The highest BCUT2D eigenvalue weighted by atomic mass is 32.2. The number of hydrogen-bond acceptors (Lipinski definition) is 6. The number of nitrogens with zero attached hydrogens (tertiary/aromatic N) is 1. The van der Waals surface area contributed by atoms with Crippen molar-refractivity contribution in [3.05, 3.63) is 65.9 Å². The summed E-state index contributed by atoms with van der Waals surface area (Å²) in [6.07, 6.45) is -4.55. The summed E-state index contributed by atoms with van der Waals surface area (Å²) in [4.78, 5) is 4.23. The largest absolute Gasteiger partial charge is 0.416 e. The SMILES string of the molecule is O=S(=O)(Nc1cccc2ccc(CNCCOCCO)nc12)c1ccc(C(F)(F)F)cc1. The first kappa shape index (κ1) is 23.9. The summed E-state index contributed by atoms with van der Waals surface area (Å²) in [6, 6.07) is 11.9. The molecule has 0 bridgehead atoms.